The summed E-state index contributed by atoms with van der Waals surface area (Å²) in [7, 11) is 3.28. The van der Waals surface area contributed by atoms with Crippen LogP contribution in [0.25, 0.3) is 10.9 Å². The Bertz CT molecular complexity index is 1050. The van der Waals surface area contributed by atoms with Crippen LogP contribution in [0, 0.1) is 13.8 Å². The van der Waals surface area contributed by atoms with Gasteiger partial charge in [0, 0.05) is 29.7 Å². The molecule has 0 unspecified atom stereocenters. The highest BCUT2D eigenvalue weighted by Gasteiger charge is 2.24. The van der Waals surface area contributed by atoms with E-state index in [4.69, 9.17) is 9.47 Å². The summed E-state index contributed by atoms with van der Waals surface area (Å²) in [4.78, 5) is 18.4. The Kier molecular flexibility index (Phi) is 4.75. The molecule has 1 aliphatic rings. The summed E-state index contributed by atoms with van der Waals surface area (Å²) in [6.07, 6.45) is 1.24. The zero-order valence-electron chi connectivity index (χ0n) is 16.9. The second-order valence-corrected chi connectivity index (χ2v) is 7.50. The Morgan fingerprint density at radius 3 is 2.50 bits per heavy atom. The molecule has 1 amide bonds. The molecule has 0 radical (unpaired) electrons. The topological polar surface area (TPSA) is 54.6 Å². The normalized spacial score (nSPS) is 13.5. The number of carbonyl (C=O) groups is 1. The van der Waals surface area contributed by atoms with Crippen molar-refractivity contribution >= 4 is 16.8 Å². The van der Waals surface area contributed by atoms with Crippen LogP contribution in [-0.2, 0) is 24.2 Å². The molecular formula is C23H26N2O3. The minimum atomic E-state index is 0.158. The predicted molar refractivity (Wildman–Crippen MR) is 110 cm³/mol. The van der Waals surface area contributed by atoms with Crippen molar-refractivity contribution in [1.29, 1.82) is 0 Å². The molecule has 4 rings (SSSR count). The van der Waals surface area contributed by atoms with E-state index in [-0.39, 0.29) is 5.91 Å². The number of carbonyl (C=O) groups excluding carboxylic acids is 1. The molecule has 28 heavy (non-hydrogen) atoms. The molecule has 1 aliphatic heterocycles. The fourth-order valence-electron chi connectivity index (χ4n) is 4.08. The first kappa shape index (κ1) is 18.4. The molecule has 0 saturated heterocycles. The van der Waals surface area contributed by atoms with Gasteiger partial charge in [0.05, 0.1) is 20.6 Å². The molecule has 3 aromatic rings. The Morgan fingerprint density at radius 2 is 1.79 bits per heavy atom. The largest absolute Gasteiger partial charge is 0.493 e. The maximum atomic E-state index is 13.1. The number of methoxy groups -OCH3 is 2. The quantitative estimate of drug-likeness (QED) is 0.748. The van der Waals surface area contributed by atoms with Crippen LogP contribution in [0.5, 0.6) is 11.5 Å². The molecule has 0 aliphatic carbocycles. The van der Waals surface area contributed by atoms with Crippen LogP contribution in [0.4, 0.5) is 0 Å². The number of hydrogen-bond acceptors (Lipinski definition) is 3. The lowest BCUT2D eigenvalue weighted by molar-refractivity contribution is -0.131. The summed E-state index contributed by atoms with van der Waals surface area (Å²) in [5, 5.41) is 1.15. The predicted octanol–water partition coefficient (Wildman–Crippen LogP) is 3.93. The van der Waals surface area contributed by atoms with Crippen LogP contribution in [0.3, 0.4) is 0 Å². The Hall–Kier alpha value is -2.95. The van der Waals surface area contributed by atoms with E-state index in [0.717, 1.165) is 46.4 Å². The van der Waals surface area contributed by atoms with Crippen LogP contribution >= 0.6 is 0 Å². The number of rotatable bonds is 4. The van der Waals surface area contributed by atoms with Crippen molar-refractivity contribution < 1.29 is 14.3 Å². The fourth-order valence-corrected chi connectivity index (χ4v) is 4.08. The number of aryl methyl sites for hydroxylation is 2. The van der Waals surface area contributed by atoms with Gasteiger partial charge in [0.15, 0.2) is 11.5 Å². The molecular weight excluding hydrogens is 352 g/mol. The molecule has 5 heteroatoms. The van der Waals surface area contributed by atoms with E-state index in [1.807, 2.05) is 24.0 Å². The highest BCUT2D eigenvalue weighted by Crippen LogP contribution is 2.33. The highest BCUT2D eigenvalue weighted by atomic mass is 16.5. The summed E-state index contributed by atoms with van der Waals surface area (Å²) < 4.78 is 10.8. The van der Waals surface area contributed by atoms with Crippen molar-refractivity contribution in [2.75, 3.05) is 20.8 Å². The van der Waals surface area contributed by atoms with Gasteiger partial charge in [-0.2, -0.15) is 0 Å². The zero-order valence-corrected chi connectivity index (χ0v) is 16.9. The van der Waals surface area contributed by atoms with Crippen molar-refractivity contribution in [2.24, 2.45) is 0 Å². The molecule has 0 atom stereocenters. The maximum absolute atomic E-state index is 13.1. The van der Waals surface area contributed by atoms with Gasteiger partial charge in [-0.1, -0.05) is 11.6 Å². The molecule has 0 spiro atoms. The van der Waals surface area contributed by atoms with Gasteiger partial charge >= 0.3 is 0 Å². The van der Waals surface area contributed by atoms with Crippen molar-refractivity contribution in [3.63, 3.8) is 0 Å². The maximum Gasteiger partial charge on any atom is 0.227 e. The van der Waals surface area contributed by atoms with Crippen LogP contribution in [0.1, 0.15) is 27.9 Å². The number of hydrogen-bond donors (Lipinski definition) is 1. The Morgan fingerprint density at radius 1 is 1.07 bits per heavy atom. The van der Waals surface area contributed by atoms with E-state index in [0.29, 0.717) is 18.7 Å². The summed E-state index contributed by atoms with van der Waals surface area (Å²) >= 11 is 0. The van der Waals surface area contributed by atoms with Gasteiger partial charge in [-0.15, -0.1) is 0 Å². The molecule has 0 saturated carbocycles. The summed E-state index contributed by atoms with van der Waals surface area (Å²) in [5.41, 5.74) is 6.81. The van der Waals surface area contributed by atoms with Crippen molar-refractivity contribution in [3.05, 3.63) is 58.3 Å². The van der Waals surface area contributed by atoms with E-state index >= 15 is 0 Å². The number of fused-ring (bicyclic) bond motifs is 2. The number of nitrogens with one attached hydrogen (secondary N) is 1. The van der Waals surface area contributed by atoms with Crippen molar-refractivity contribution in [3.8, 4) is 11.5 Å². The number of nitrogens with zero attached hydrogens (tertiary/aromatic N) is 1. The first-order valence-corrected chi connectivity index (χ1v) is 9.59. The lowest BCUT2D eigenvalue weighted by atomic mass is 9.98. The average molecular weight is 378 g/mol. The average Bonchev–Trinajstić information content (AvgIpc) is 3.00. The van der Waals surface area contributed by atoms with E-state index < -0.39 is 0 Å². The van der Waals surface area contributed by atoms with Crippen molar-refractivity contribution in [1.82, 2.24) is 9.88 Å². The molecule has 2 heterocycles. The van der Waals surface area contributed by atoms with Gasteiger partial charge < -0.3 is 19.4 Å². The second kappa shape index (κ2) is 7.23. The zero-order chi connectivity index (χ0) is 19.8. The third kappa shape index (κ3) is 3.21. The minimum Gasteiger partial charge on any atom is -0.493 e. The lowest BCUT2D eigenvalue weighted by Gasteiger charge is -2.30. The van der Waals surface area contributed by atoms with Crippen LogP contribution in [0.2, 0.25) is 0 Å². The third-order valence-corrected chi connectivity index (χ3v) is 5.67. The number of aromatic nitrogens is 1. The highest BCUT2D eigenvalue weighted by molar-refractivity contribution is 5.90. The van der Waals surface area contributed by atoms with Crippen LogP contribution in [0.15, 0.2) is 30.3 Å². The standard InChI is InChI=1S/C23H26N2O3/c1-14-5-6-20-19(9-14)18(15(2)24-20)12-23(26)25-8-7-16-10-21(27-3)22(28-4)11-17(16)13-25/h5-6,9-11,24H,7-8,12-13H2,1-4H3. The molecule has 0 fully saturated rings. The summed E-state index contributed by atoms with van der Waals surface area (Å²) in [6.45, 7) is 5.45. The number of amides is 1. The number of H-pyrrole nitrogens is 1. The molecule has 1 aromatic heterocycles. The number of ether oxygens (including phenoxy) is 2. The molecule has 1 N–H and O–H groups in total. The fraction of sp³-hybridized carbons (Fsp3) is 0.348. The summed E-state index contributed by atoms with van der Waals surface area (Å²) in [6, 6.07) is 10.4. The smallest absolute Gasteiger partial charge is 0.227 e. The van der Waals surface area contributed by atoms with Gasteiger partial charge in [0.1, 0.15) is 0 Å². The van der Waals surface area contributed by atoms with Gasteiger partial charge in [0.2, 0.25) is 5.91 Å². The monoisotopic (exact) mass is 378 g/mol. The van der Waals surface area contributed by atoms with E-state index in [2.05, 4.69) is 30.1 Å². The summed E-state index contributed by atoms with van der Waals surface area (Å²) in [5.74, 6) is 1.61. The third-order valence-electron chi connectivity index (χ3n) is 5.67. The van der Waals surface area contributed by atoms with Gasteiger partial charge in [0.25, 0.3) is 0 Å². The lowest BCUT2D eigenvalue weighted by Crippen LogP contribution is -2.37. The van der Waals surface area contributed by atoms with E-state index in [1.54, 1.807) is 14.2 Å². The van der Waals surface area contributed by atoms with Gasteiger partial charge in [-0.3, -0.25) is 4.79 Å². The number of aromatic amines is 1. The molecule has 5 nitrogen and oxygen atoms in total. The van der Waals surface area contributed by atoms with Crippen LogP contribution in [-0.4, -0.2) is 36.6 Å². The Labute approximate surface area is 165 Å². The Balaban J connectivity index is 1.58. The second-order valence-electron chi connectivity index (χ2n) is 7.50. The molecule has 0 bridgehead atoms. The van der Waals surface area contributed by atoms with Gasteiger partial charge in [-0.05, 0) is 61.2 Å². The van der Waals surface area contributed by atoms with Crippen LogP contribution < -0.4 is 9.47 Å². The van der Waals surface area contributed by atoms with Gasteiger partial charge in [-0.25, -0.2) is 0 Å². The number of benzene rings is 2. The van der Waals surface area contributed by atoms with E-state index in [9.17, 15) is 4.79 Å². The van der Waals surface area contributed by atoms with E-state index in [1.165, 1.54) is 11.1 Å². The molecule has 146 valence electrons. The first-order chi connectivity index (χ1) is 13.5. The SMILES string of the molecule is COc1cc2c(cc1OC)CN(C(=O)Cc1c(C)[nH]c3ccc(C)cc13)CC2. The molecule has 2 aromatic carbocycles. The van der Waals surface area contributed by atoms with Crippen molar-refractivity contribution in [2.45, 2.75) is 33.2 Å². The minimum absolute atomic E-state index is 0.158. The first-order valence-electron chi connectivity index (χ1n) is 9.59.